The minimum Gasteiger partial charge on any atom is -0.485 e. The van der Waals surface area contributed by atoms with Crippen molar-refractivity contribution in [2.45, 2.75) is 30.2 Å². The molecule has 2 unspecified atom stereocenters. The SMILES string of the molecule is C[S+](=O)(O)Cc1nc(Cl)nc2c1OCC1COCC3(CC3)N21. The molecule has 2 atom stereocenters. The molecule has 0 aromatic carbocycles. The Hall–Kier alpha value is -0.960. The van der Waals surface area contributed by atoms with E-state index in [-0.39, 0.29) is 22.6 Å². The molecule has 4 rings (SSSR count). The molecule has 0 radical (unpaired) electrons. The summed E-state index contributed by atoms with van der Waals surface area (Å²) in [5, 5.41) is 0.0731. The molecule has 1 spiro atoms. The minimum absolute atomic E-state index is 0.0246. The van der Waals surface area contributed by atoms with E-state index in [4.69, 9.17) is 21.1 Å². The van der Waals surface area contributed by atoms with Crippen LogP contribution in [0.2, 0.25) is 5.28 Å². The van der Waals surface area contributed by atoms with Gasteiger partial charge in [0.05, 0.1) is 24.8 Å². The molecule has 2 aliphatic heterocycles. The van der Waals surface area contributed by atoms with Gasteiger partial charge in [-0.2, -0.15) is 9.54 Å². The summed E-state index contributed by atoms with van der Waals surface area (Å²) < 4.78 is 32.9. The summed E-state index contributed by atoms with van der Waals surface area (Å²) in [5.74, 6) is 1.02. The van der Waals surface area contributed by atoms with Gasteiger partial charge in [0.25, 0.3) is 0 Å². The number of halogens is 1. The van der Waals surface area contributed by atoms with E-state index in [1.54, 1.807) is 0 Å². The van der Waals surface area contributed by atoms with Crippen LogP contribution in [0.25, 0.3) is 0 Å². The lowest BCUT2D eigenvalue weighted by molar-refractivity contribution is 0.0371. The fraction of sp³-hybridized carbons (Fsp3) is 0.692. The minimum atomic E-state index is -2.99. The normalized spacial score (nSPS) is 27.6. The van der Waals surface area contributed by atoms with Crippen LogP contribution in [-0.4, -0.2) is 52.2 Å². The Labute approximate surface area is 134 Å². The number of hydrogen-bond acceptors (Lipinski definition) is 6. The van der Waals surface area contributed by atoms with Crippen molar-refractivity contribution in [3.05, 3.63) is 11.0 Å². The Bertz CT molecular complexity index is 675. The fourth-order valence-corrected chi connectivity index (χ4v) is 4.15. The summed E-state index contributed by atoms with van der Waals surface area (Å²) in [6.45, 7) is 1.72. The maximum absolute atomic E-state index is 11.7. The van der Waals surface area contributed by atoms with Crippen molar-refractivity contribution >= 4 is 27.6 Å². The highest BCUT2D eigenvalue weighted by molar-refractivity contribution is 7.96. The molecule has 2 fully saturated rings. The Morgan fingerprint density at radius 1 is 1.45 bits per heavy atom. The first-order chi connectivity index (χ1) is 10.4. The number of nitrogens with zero attached hydrogens (tertiary/aromatic N) is 3. The first-order valence-electron chi connectivity index (χ1n) is 7.14. The number of hydrogen-bond donors (Lipinski definition) is 1. The van der Waals surface area contributed by atoms with Gasteiger partial charge in [0.1, 0.15) is 18.6 Å². The van der Waals surface area contributed by atoms with Crippen LogP contribution in [-0.2, 0) is 24.9 Å². The molecular formula is C13H17ClN3O4S+. The first-order valence-corrected chi connectivity index (χ1v) is 9.61. The van der Waals surface area contributed by atoms with Crippen LogP contribution in [0.4, 0.5) is 5.82 Å². The average molecular weight is 347 g/mol. The number of ether oxygens (including phenoxy) is 2. The van der Waals surface area contributed by atoms with Crippen molar-refractivity contribution in [3.8, 4) is 5.75 Å². The molecule has 120 valence electrons. The van der Waals surface area contributed by atoms with E-state index in [2.05, 4.69) is 14.9 Å². The largest absolute Gasteiger partial charge is 0.485 e. The highest BCUT2D eigenvalue weighted by Gasteiger charge is 2.56. The Morgan fingerprint density at radius 2 is 2.23 bits per heavy atom. The smallest absolute Gasteiger partial charge is 0.224 e. The summed E-state index contributed by atoms with van der Waals surface area (Å²) >= 11 is 6.05. The molecule has 1 saturated carbocycles. The lowest BCUT2D eigenvalue weighted by Crippen LogP contribution is -2.58. The predicted molar refractivity (Wildman–Crippen MR) is 81.9 cm³/mol. The molecule has 1 N–H and O–H groups in total. The molecule has 0 bridgehead atoms. The van der Waals surface area contributed by atoms with Crippen LogP contribution in [0.5, 0.6) is 5.75 Å². The number of rotatable bonds is 2. The van der Waals surface area contributed by atoms with E-state index in [1.165, 1.54) is 6.26 Å². The quantitative estimate of drug-likeness (QED) is 0.639. The van der Waals surface area contributed by atoms with Crippen molar-refractivity contribution < 1.29 is 18.2 Å². The van der Waals surface area contributed by atoms with Crippen molar-refractivity contribution in [1.29, 1.82) is 0 Å². The molecule has 9 heteroatoms. The van der Waals surface area contributed by atoms with Crippen LogP contribution in [0.1, 0.15) is 18.5 Å². The standard InChI is InChI=1S/C13H16ClN3O4S/c1-22(18,19)6-9-10-11(16-12(14)15-9)17-8(5-21-10)4-20-7-13(17)2-3-13/h8H,2-7H2,1H3/p+1. The third kappa shape index (κ3) is 2.38. The van der Waals surface area contributed by atoms with Crippen molar-refractivity contribution in [3.63, 3.8) is 0 Å². The van der Waals surface area contributed by atoms with Gasteiger partial charge in [-0.05, 0) is 24.4 Å². The molecule has 1 aromatic rings. The maximum Gasteiger partial charge on any atom is 0.224 e. The van der Waals surface area contributed by atoms with E-state index < -0.39 is 10.2 Å². The van der Waals surface area contributed by atoms with E-state index >= 15 is 0 Å². The summed E-state index contributed by atoms with van der Waals surface area (Å²) in [7, 11) is -2.99. The van der Waals surface area contributed by atoms with Gasteiger partial charge in [0.2, 0.25) is 15.5 Å². The van der Waals surface area contributed by atoms with E-state index in [0.717, 1.165) is 12.8 Å². The van der Waals surface area contributed by atoms with Crippen LogP contribution < -0.4 is 9.64 Å². The van der Waals surface area contributed by atoms with Crippen LogP contribution >= 0.6 is 11.6 Å². The molecule has 1 aliphatic carbocycles. The monoisotopic (exact) mass is 346 g/mol. The van der Waals surface area contributed by atoms with Gasteiger partial charge in [0, 0.05) is 0 Å². The molecule has 1 aromatic heterocycles. The Morgan fingerprint density at radius 3 is 2.91 bits per heavy atom. The van der Waals surface area contributed by atoms with Crippen LogP contribution in [0.3, 0.4) is 0 Å². The lowest BCUT2D eigenvalue weighted by atomic mass is 10.1. The van der Waals surface area contributed by atoms with E-state index in [9.17, 15) is 8.76 Å². The van der Waals surface area contributed by atoms with Crippen molar-refractivity contribution in [2.75, 3.05) is 31.0 Å². The third-order valence-electron chi connectivity index (χ3n) is 4.33. The second-order valence-electron chi connectivity index (χ2n) is 6.27. The lowest BCUT2D eigenvalue weighted by Gasteiger charge is -2.46. The number of fused-ring (bicyclic) bond motifs is 4. The zero-order chi connectivity index (χ0) is 15.5. The van der Waals surface area contributed by atoms with Crippen molar-refractivity contribution in [1.82, 2.24) is 9.97 Å². The molecular weight excluding hydrogens is 330 g/mol. The Kier molecular flexibility index (Phi) is 3.17. The number of morpholine rings is 1. The van der Waals surface area contributed by atoms with Crippen LogP contribution in [0, 0.1) is 0 Å². The zero-order valence-electron chi connectivity index (χ0n) is 12.1. The highest BCUT2D eigenvalue weighted by atomic mass is 35.5. The zero-order valence-corrected chi connectivity index (χ0v) is 13.7. The summed E-state index contributed by atoms with van der Waals surface area (Å²) in [6.07, 6.45) is 3.37. The fourth-order valence-electron chi connectivity index (χ4n) is 3.26. The summed E-state index contributed by atoms with van der Waals surface area (Å²) in [5.41, 5.74) is 0.370. The molecule has 0 amide bonds. The maximum atomic E-state index is 11.7. The van der Waals surface area contributed by atoms with Crippen LogP contribution in [0.15, 0.2) is 0 Å². The predicted octanol–water partition coefficient (Wildman–Crippen LogP) is 1.36. The second kappa shape index (κ2) is 4.77. The van der Waals surface area contributed by atoms with Gasteiger partial charge in [-0.25, -0.2) is 4.98 Å². The van der Waals surface area contributed by atoms with Crippen molar-refractivity contribution in [2.24, 2.45) is 0 Å². The Balaban J connectivity index is 1.81. The van der Waals surface area contributed by atoms with Gasteiger partial charge >= 0.3 is 0 Å². The van der Waals surface area contributed by atoms with Gasteiger partial charge in [-0.15, -0.1) is 0 Å². The van der Waals surface area contributed by atoms with Gasteiger partial charge < -0.3 is 14.4 Å². The summed E-state index contributed by atoms with van der Waals surface area (Å²) in [4.78, 5) is 10.7. The number of anilines is 1. The van der Waals surface area contributed by atoms with Gasteiger partial charge in [-0.1, -0.05) is 4.21 Å². The van der Waals surface area contributed by atoms with Gasteiger partial charge in [0.15, 0.2) is 17.3 Å². The first kappa shape index (κ1) is 14.6. The third-order valence-corrected chi connectivity index (χ3v) is 5.31. The second-order valence-corrected chi connectivity index (χ2v) is 8.82. The average Bonchev–Trinajstić information content (AvgIpc) is 3.16. The van der Waals surface area contributed by atoms with E-state index in [1.807, 2.05) is 0 Å². The molecule has 3 aliphatic rings. The molecule has 22 heavy (non-hydrogen) atoms. The molecule has 3 heterocycles. The molecule has 1 saturated heterocycles. The molecule has 7 nitrogen and oxygen atoms in total. The van der Waals surface area contributed by atoms with Gasteiger partial charge in [-0.3, -0.25) is 0 Å². The number of aromatic nitrogens is 2. The van der Waals surface area contributed by atoms with E-state index in [0.29, 0.717) is 37.1 Å². The highest BCUT2D eigenvalue weighted by Crippen LogP contribution is 2.51. The summed E-state index contributed by atoms with van der Waals surface area (Å²) in [6, 6.07) is 0.0997. The topological polar surface area (TPSA) is 84.8 Å².